The Bertz CT molecular complexity index is 2240. The molecule has 1 amide bonds. The number of carbonyl (C=O) groups excluding carboxylic acids is 1. The molecule has 2 aliphatic heterocycles. The minimum Gasteiger partial charge on any atom is -0.381 e. The average molecular weight is 754 g/mol. The average Bonchev–Trinajstić information content (AvgIpc) is 3.61. The molecule has 1 fully saturated rings. The van der Waals surface area contributed by atoms with Crippen LogP contribution in [0, 0.1) is 11.5 Å². The van der Waals surface area contributed by atoms with Crippen LogP contribution in [0.2, 0.25) is 16.6 Å². The van der Waals surface area contributed by atoms with Crippen LogP contribution >= 0.6 is 0 Å². The summed E-state index contributed by atoms with van der Waals surface area (Å²) in [4.78, 5) is 30.0. The Morgan fingerprint density at radius 3 is 2.30 bits per heavy atom. The fourth-order valence-corrected chi connectivity index (χ4v) is 15.2. The lowest BCUT2D eigenvalue weighted by molar-refractivity contribution is -0.0265. The lowest BCUT2D eigenvalue weighted by atomic mass is 9.74. The molecule has 3 aliphatic rings. The Balaban J connectivity index is 1.34. The number of aromatic nitrogens is 4. The van der Waals surface area contributed by atoms with Gasteiger partial charge in [0.25, 0.3) is 5.91 Å². The zero-order valence-corrected chi connectivity index (χ0v) is 34.4. The van der Waals surface area contributed by atoms with E-state index in [2.05, 4.69) is 68.4 Å². The first kappa shape index (κ1) is 33.8. The van der Waals surface area contributed by atoms with Crippen molar-refractivity contribution in [2.45, 2.75) is 127 Å². The van der Waals surface area contributed by atoms with Gasteiger partial charge >= 0.3 is 0 Å². The number of nitrogens with zero attached hydrogens (tertiary/aromatic N) is 5. The second-order valence-electron chi connectivity index (χ2n) is 17.0. The van der Waals surface area contributed by atoms with E-state index in [1.165, 1.54) is 0 Å². The molecule has 1 saturated carbocycles. The van der Waals surface area contributed by atoms with Crippen LogP contribution in [0.1, 0.15) is 131 Å². The quantitative estimate of drug-likeness (QED) is 0.144. The summed E-state index contributed by atoms with van der Waals surface area (Å²) in [7, 11) is -1.79. The lowest BCUT2D eigenvalue weighted by Crippen LogP contribution is -2.58. The molecule has 0 spiro atoms. The number of rotatable bonds is 8. The molecule has 280 valence electrons. The van der Waals surface area contributed by atoms with Gasteiger partial charge in [-0.05, 0) is 67.2 Å². The summed E-state index contributed by atoms with van der Waals surface area (Å²) >= 11 is 0. The third kappa shape index (κ3) is 6.10. The van der Waals surface area contributed by atoms with Crippen LogP contribution in [0.5, 0.6) is 0 Å². The highest BCUT2D eigenvalue weighted by Crippen LogP contribution is 2.49. The van der Waals surface area contributed by atoms with E-state index < -0.39 is 48.3 Å². The Morgan fingerprint density at radius 2 is 1.70 bits per heavy atom. The van der Waals surface area contributed by atoms with Crippen molar-refractivity contribution in [1.82, 2.24) is 29.1 Å². The number of amides is 1. The first-order chi connectivity index (χ1) is 26.2. The molecule has 4 heterocycles. The third-order valence-electron chi connectivity index (χ3n) is 12.0. The Morgan fingerprint density at radius 1 is 1.02 bits per heavy atom. The van der Waals surface area contributed by atoms with Gasteiger partial charge in [0.05, 0.1) is 50.5 Å². The molecule has 0 saturated heterocycles. The molecule has 7 rings (SSSR count). The molecule has 3 atom stereocenters. The zero-order chi connectivity index (χ0) is 40.7. The lowest BCUT2D eigenvalue weighted by Gasteiger charge is -2.46. The van der Waals surface area contributed by atoms with Gasteiger partial charge in [0.2, 0.25) is 0 Å². The molecule has 2 bridgehead atoms. The van der Waals surface area contributed by atoms with Gasteiger partial charge in [-0.3, -0.25) is 4.79 Å². The molecule has 1 unspecified atom stereocenters. The number of imidazole rings is 1. The number of nitrogens with one attached hydrogen (secondary N) is 1. The molecule has 2 aromatic heterocycles. The van der Waals surface area contributed by atoms with E-state index in [9.17, 15) is 9.00 Å². The Kier molecular flexibility index (Phi) is 8.66. The number of carbonyl (C=O) groups is 1. The van der Waals surface area contributed by atoms with Crippen molar-refractivity contribution in [2.75, 3.05) is 14.1 Å². The minimum atomic E-state index is -2.68. The number of ether oxygens (including phenoxy) is 1. The number of benzene rings is 2. The van der Waals surface area contributed by atoms with Crippen LogP contribution in [-0.2, 0) is 21.3 Å². The number of fused-ring (bicyclic) bond motifs is 9. The van der Waals surface area contributed by atoms with E-state index in [0.717, 1.165) is 32.7 Å². The molecule has 4 aromatic rings. The second-order valence-corrected chi connectivity index (χ2v) is 24.6. The standard InChI is InChI=1S/C42H54N6O3SSi/c1-25(2)53(26(3)4,27(5)6)18-17-28-13-12-14-32-37(28)35-20-36(47(10)39(32)49)38-45-33-16-15-29(19-34(33)48(35)38)30-23-43-40(44-24-30)42(21-31(22-42)51-11)46-52(50)41(7,8)9/h12-16,19,23-27,31,35-36,46H,20-22H2,1-11H3/t31?,35-,36-,42?,52?/m1/s1/i10D3. The SMILES string of the molecule is [2H]C([2H])([2H])N1C(=O)c2cccc(C#C[Si](C(C)C)(C(C)C)C(C)C)c2[C@H]2C[C@@H]1c1nc3ccc(-c4cnc(C5(NS(=O)C(C)(C)C)CC(OC)C5)nc4)cc3n12. The highest BCUT2D eigenvalue weighted by atomic mass is 32.2. The van der Waals surface area contributed by atoms with E-state index in [1.54, 1.807) is 25.6 Å². The van der Waals surface area contributed by atoms with E-state index in [0.29, 0.717) is 58.6 Å². The highest BCUT2D eigenvalue weighted by Gasteiger charge is 2.50. The Labute approximate surface area is 322 Å². The van der Waals surface area contributed by atoms with Gasteiger partial charge in [-0.2, -0.15) is 0 Å². The molecular formula is C42H54N6O3SSi. The van der Waals surface area contributed by atoms with Crippen LogP contribution in [0.4, 0.5) is 0 Å². The predicted molar refractivity (Wildman–Crippen MR) is 215 cm³/mol. The van der Waals surface area contributed by atoms with Crippen molar-refractivity contribution in [3.63, 3.8) is 0 Å². The van der Waals surface area contributed by atoms with Crippen molar-refractivity contribution in [2.24, 2.45) is 0 Å². The molecule has 53 heavy (non-hydrogen) atoms. The van der Waals surface area contributed by atoms with Gasteiger partial charge < -0.3 is 14.2 Å². The maximum Gasteiger partial charge on any atom is 0.254 e. The summed E-state index contributed by atoms with van der Waals surface area (Å²) in [6.07, 6.45) is 5.22. The van der Waals surface area contributed by atoms with Crippen molar-refractivity contribution in [1.29, 1.82) is 0 Å². The van der Waals surface area contributed by atoms with Gasteiger partial charge in [-0.25, -0.2) is 23.9 Å². The summed E-state index contributed by atoms with van der Waals surface area (Å²) in [6.45, 7) is 16.8. The van der Waals surface area contributed by atoms with Crippen LogP contribution in [0.3, 0.4) is 0 Å². The van der Waals surface area contributed by atoms with Crippen LogP contribution in [-0.4, -0.2) is 67.5 Å². The zero-order valence-electron chi connectivity index (χ0n) is 35.6. The van der Waals surface area contributed by atoms with Crippen molar-refractivity contribution >= 4 is 36.0 Å². The number of hydrogen-bond acceptors (Lipinski definition) is 6. The van der Waals surface area contributed by atoms with Crippen molar-refractivity contribution in [3.8, 4) is 22.6 Å². The van der Waals surface area contributed by atoms with Crippen molar-refractivity contribution in [3.05, 3.63) is 77.1 Å². The summed E-state index contributed by atoms with van der Waals surface area (Å²) in [6, 6.07) is 10.4. The molecule has 2 aromatic carbocycles. The van der Waals surface area contributed by atoms with Gasteiger partial charge in [-0.15, -0.1) is 5.54 Å². The van der Waals surface area contributed by atoms with Gasteiger partial charge in [0.1, 0.15) is 19.7 Å². The minimum absolute atomic E-state index is 0.0242. The molecular weight excluding hydrogens is 697 g/mol. The monoisotopic (exact) mass is 753 g/mol. The summed E-state index contributed by atoms with van der Waals surface area (Å²) in [5.74, 6) is 4.23. The van der Waals surface area contributed by atoms with Gasteiger partial charge in [0.15, 0.2) is 0 Å². The van der Waals surface area contributed by atoms with Crippen LogP contribution in [0.15, 0.2) is 48.8 Å². The smallest absolute Gasteiger partial charge is 0.254 e. The number of methoxy groups -OCH3 is 1. The summed E-state index contributed by atoms with van der Waals surface area (Å²) in [5.41, 5.74) is 9.56. The second kappa shape index (κ2) is 13.6. The maximum atomic E-state index is 14.3. The molecule has 1 aliphatic carbocycles. The number of hydrogen-bond donors (Lipinski definition) is 1. The van der Waals surface area contributed by atoms with E-state index in [4.69, 9.17) is 23.8 Å². The van der Waals surface area contributed by atoms with Crippen molar-refractivity contribution < 1.29 is 17.9 Å². The molecule has 1 N–H and O–H groups in total. The van der Waals surface area contributed by atoms with Gasteiger partial charge in [-0.1, -0.05) is 59.6 Å². The fraction of sp³-hybridized carbons (Fsp3) is 0.524. The third-order valence-corrected chi connectivity index (χ3v) is 20.0. The van der Waals surface area contributed by atoms with Crippen LogP contribution in [0.25, 0.3) is 22.2 Å². The van der Waals surface area contributed by atoms with Gasteiger partial charge in [0, 0.05) is 72.1 Å². The summed E-state index contributed by atoms with van der Waals surface area (Å²) in [5, 5.41) is 0. The van der Waals surface area contributed by atoms with E-state index >= 15 is 0 Å². The molecule has 11 heteroatoms. The normalized spacial score (nSPS) is 24.2. The van der Waals surface area contributed by atoms with Crippen LogP contribution < -0.4 is 4.72 Å². The largest absolute Gasteiger partial charge is 0.381 e. The fourth-order valence-electron chi connectivity index (χ4n) is 9.09. The predicted octanol–water partition coefficient (Wildman–Crippen LogP) is 8.24. The molecule has 0 radical (unpaired) electrons. The summed E-state index contributed by atoms with van der Waals surface area (Å²) < 4.78 is 49.4. The first-order valence-corrected chi connectivity index (χ1v) is 22.2. The first-order valence-electron chi connectivity index (χ1n) is 20.3. The highest BCUT2D eigenvalue weighted by molar-refractivity contribution is 7.84. The topological polar surface area (TPSA) is 102 Å². The molecule has 9 nitrogen and oxygen atoms in total. The maximum absolute atomic E-state index is 14.3. The van der Waals surface area contributed by atoms with E-state index in [1.807, 2.05) is 45.0 Å². The Hall–Kier alpha value is -3.69. The van der Waals surface area contributed by atoms with E-state index in [-0.39, 0.29) is 12.1 Å².